The predicted octanol–water partition coefficient (Wildman–Crippen LogP) is 3.94. The number of carbonyl (C=O) groups is 1. The summed E-state index contributed by atoms with van der Waals surface area (Å²) in [5.74, 6) is -2.43. The maximum atomic E-state index is 13.5. The third-order valence-electron chi connectivity index (χ3n) is 5.20. The van der Waals surface area contributed by atoms with Crippen LogP contribution in [0.25, 0.3) is 0 Å². The van der Waals surface area contributed by atoms with E-state index in [1.165, 1.54) is 22.5 Å². The number of halogens is 2. The highest BCUT2D eigenvalue weighted by molar-refractivity contribution is 7.89. The molecule has 0 saturated carbocycles. The smallest absolute Gasteiger partial charge is 0.252 e. The third kappa shape index (κ3) is 4.64. The Morgan fingerprint density at radius 3 is 2.38 bits per heavy atom. The molecule has 0 bridgehead atoms. The van der Waals surface area contributed by atoms with Crippen LogP contribution < -0.4 is 5.32 Å². The molecule has 1 unspecified atom stereocenters. The Morgan fingerprint density at radius 1 is 1.03 bits per heavy atom. The van der Waals surface area contributed by atoms with Gasteiger partial charge in [0.2, 0.25) is 10.0 Å². The standard InChI is InChI=1S/C21H24F2N2O3S/c1-14-6-8-17(29(27,28)25-10-4-3-5-11-25)13-18(14)21(26)24-15(2)16-7-9-19(22)20(23)12-16/h6-9,12-13,15H,3-5,10-11H2,1-2H3,(H,24,26). The van der Waals surface area contributed by atoms with Crippen molar-refractivity contribution in [3.8, 4) is 0 Å². The van der Waals surface area contributed by atoms with Gasteiger partial charge >= 0.3 is 0 Å². The predicted molar refractivity (Wildman–Crippen MR) is 106 cm³/mol. The van der Waals surface area contributed by atoms with E-state index >= 15 is 0 Å². The lowest BCUT2D eigenvalue weighted by Crippen LogP contribution is -2.35. The quantitative estimate of drug-likeness (QED) is 0.794. The molecule has 156 valence electrons. The van der Waals surface area contributed by atoms with E-state index in [9.17, 15) is 22.0 Å². The van der Waals surface area contributed by atoms with Crippen molar-refractivity contribution in [1.82, 2.24) is 9.62 Å². The highest BCUT2D eigenvalue weighted by Gasteiger charge is 2.27. The molecule has 0 spiro atoms. The van der Waals surface area contributed by atoms with E-state index in [1.807, 2.05) is 0 Å². The average Bonchev–Trinajstić information content (AvgIpc) is 2.70. The molecule has 29 heavy (non-hydrogen) atoms. The van der Waals surface area contributed by atoms with Gasteiger partial charge in [-0.3, -0.25) is 4.79 Å². The largest absolute Gasteiger partial charge is 0.346 e. The van der Waals surface area contributed by atoms with Crippen LogP contribution >= 0.6 is 0 Å². The van der Waals surface area contributed by atoms with Crippen LogP contribution in [0.1, 0.15) is 53.7 Å². The average molecular weight is 422 g/mol. The first-order valence-electron chi connectivity index (χ1n) is 9.57. The second-order valence-corrected chi connectivity index (χ2v) is 9.25. The van der Waals surface area contributed by atoms with Crippen LogP contribution in [-0.2, 0) is 10.0 Å². The number of rotatable bonds is 5. The zero-order valence-electron chi connectivity index (χ0n) is 16.4. The molecule has 0 radical (unpaired) electrons. The van der Waals surface area contributed by atoms with Crippen molar-refractivity contribution in [3.63, 3.8) is 0 Å². The maximum absolute atomic E-state index is 13.5. The van der Waals surface area contributed by atoms with E-state index in [4.69, 9.17) is 0 Å². The van der Waals surface area contributed by atoms with Gasteiger partial charge in [0, 0.05) is 18.7 Å². The number of carbonyl (C=O) groups excluding carboxylic acids is 1. The highest BCUT2D eigenvalue weighted by atomic mass is 32.2. The minimum atomic E-state index is -3.66. The van der Waals surface area contributed by atoms with Crippen molar-refractivity contribution in [2.75, 3.05) is 13.1 Å². The Hall–Kier alpha value is -2.32. The van der Waals surface area contributed by atoms with Crippen LogP contribution in [-0.4, -0.2) is 31.7 Å². The lowest BCUT2D eigenvalue weighted by Gasteiger charge is -2.26. The van der Waals surface area contributed by atoms with E-state index < -0.39 is 33.6 Å². The van der Waals surface area contributed by atoms with Gasteiger partial charge in [0.25, 0.3) is 5.91 Å². The summed E-state index contributed by atoms with van der Waals surface area (Å²) < 4.78 is 53.9. The van der Waals surface area contributed by atoms with Crippen LogP contribution in [0.5, 0.6) is 0 Å². The van der Waals surface area contributed by atoms with Crippen LogP contribution in [0.4, 0.5) is 8.78 Å². The van der Waals surface area contributed by atoms with Gasteiger partial charge in [-0.15, -0.1) is 0 Å². The summed E-state index contributed by atoms with van der Waals surface area (Å²) in [4.78, 5) is 12.8. The summed E-state index contributed by atoms with van der Waals surface area (Å²) in [5, 5.41) is 2.72. The van der Waals surface area contributed by atoms with Gasteiger partial charge in [-0.2, -0.15) is 4.31 Å². The molecule has 1 aliphatic rings. The summed E-state index contributed by atoms with van der Waals surface area (Å²) in [6, 6.07) is 7.34. The Bertz CT molecular complexity index is 1020. The molecule has 0 aromatic heterocycles. The zero-order chi connectivity index (χ0) is 21.2. The number of amides is 1. The van der Waals surface area contributed by atoms with Gasteiger partial charge in [0.1, 0.15) is 0 Å². The van der Waals surface area contributed by atoms with E-state index in [2.05, 4.69) is 5.32 Å². The number of nitrogens with one attached hydrogen (secondary N) is 1. The number of hydrogen-bond donors (Lipinski definition) is 1. The fraction of sp³-hybridized carbons (Fsp3) is 0.381. The van der Waals surface area contributed by atoms with Crippen molar-refractivity contribution in [2.45, 2.75) is 44.0 Å². The first-order chi connectivity index (χ1) is 13.7. The molecule has 3 rings (SSSR count). The monoisotopic (exact) mass is 422 g/mol. The number of nitrogens with zero attached hydrogens (tertiary/aromatic N) is 1. The number of sulfonamides is 1. The summed E-state index contributed by atoms with van der Waals surface area (Å²) in [5.41, 5.74) is 1.27. The van der Waals surface area contributed by atoms with Crippen LogP contribution in [0.15, 0.2) is 41.3 Å². The van der Waals surface area contributed by atoms with Gasteiger partial charge in [-0.05, 0) is 62.1 Å². The first-order valence-corrected chi connectivity index (χ1v) is 11.0. The number of hydrogen-bond acceptors (Lipinski definition) is 3. The van der Waals surface area contributed by atoms with E-state index in [-0.39, 0.29) is 10.5 Å². The Balaban J connectivity index is 1.83. The molecule has 1 aliphatic heterocycles. The van der Waals surface area contributed by atoms with Gasteiger partial charge in [0.15, 0.2) is 11.6 Å². The minimum absolute atomic E-state index is 0.0793. The Labute approximate surface area is 169 Å². The summed E-state index contributed by atoms with van der Waals surface area (Å²) in [6.07, 6.45) is 2.66. The number of benzene rings is 2. The number of piperidine rings is 1. The summed E-state index contributed by atoms with van der Waals surface area (Å²) in [7, 11) is -3.66. The molecule has 1 N–H and O–H groups in total. The SMILES string of the molecule is Cc1ccc(S(=O)(=O)N2CCCCC2)cc1C(=O)NC(C)c1ccc(F)c(F)c1. The van der Waals surface area contributed by atoms with Crippen LogP contribution in [0, 0.1) is 18.6 Å². The molecule has 1 saturated heterocycles. The second-order valence-electron chi connectivity index (χ2n) is 7.31. The second kappa shape index (κ2) is 8.59. The molecule has 0 aliphatic carbocycles. The maximum Gasteiger partial charge on any atom is 0.252 e. The summed E-state index contributed by atoms with van der Waals surface area (Å²) in [6.45, 7) is 4.32. The highest BCUT2D eigenvalue weighted by Crippen LogP contribution is 2.24. The zero-order valence-corrected chi connectivity index (χ0v) is 17.2. The molecule has 1 fully saturated rings. The van der Waals surface area contributed by atoms with Crippen molar-refractivity contribution >= 4 is 15.9 Å². The molecular formula is C21H24F2N2O3S. The molecule has 1 atom stereocenters. The lowest BCUT2D eigenvalue weighted by atomic mass is 10.1. The third-order valence-corrected chi connectivity index (χ3v) is 7.09. The van der Waals surface area contributed by atoms with Crippen molar-refractivity contribution in [3.05, 3.63) is 64.7 Å². The van der Waals surface area contributed by atoms with Crippen molar-refractivity contribution in [2.24, 2.45) is 0 Å². The van der Waals surface area contributed by atoms with Crippen LogP contribution in [0.2, 0.25) is 0 Å². The van der Waals surface area contributed by atoms with Gasteiger partial charge in [-0.25, -0.2) is 17.2 Å². The minimum Gasteiger partial charge on any atom is -0.346 e. The van der Waals surface area contributed by atoms with Gasteiger partial charge in [-0.1, -0.05) is 18.6 Å². The fourth-order valence-electron chi connectivity index (χ4n) is 3.40. The molecule has 2 aromatic carbocycles. The molecular weight excluding hydrogens is 398 g/mol. The number of aryl methyl sites for hydroxylation is 1. The molecule has 8 heteroatoms. The first kappa shape index (κ1) is 21.4. The van der Waals surface area contributed by atoms with E-state index in [1.54, 1.807) is 19.9 Å². The normalized spacial score (nSPS) is 16.4. The lowest BCUT2D eigenvalue weighted by molar-refractivity contribution is 0.0939. The molecule has 2 aromatic rings. The molecule has 1 heterocycles. The fourth-order valence-corrected chi connectivity index (χ4v) is 4.94. The van der Waals surface area contributed by atoms with E-state index in [0.717, 1.165) is 31.4 Å². The van der Waals surface area contributed by atoms with Gasteiger partial charge in [0.05, 0.1) is 10.9 Å². The Kier molecular flexibility index (Phi) is 6.33. The van der Waals surface area contributed by atoms with Crippen molar-refractivity contribution in [1.29, 1.82) is 0 Å². The summed E-state index contributed by atoms with van der Waals surface area (Å²) >= 11 is 0. The topological polar surface area (TPSA) is 66.5 Å². The Morgan fingerprint density at radius 2 is 1.72 bits per heavy atom. The van der Waals surface area contributed by atoms with E-state index in [0.29, 0.717) is 24.2 Å². The molecule has 5 nitrogen and oxygen atoms in total. The van der Waals surface area contributed by atoms with Crippen molar-refractivity contribution < 1.29 is 22.0 Å². The molecule has 1 amide bonds. The van der Waals surface area contributed by atoms with Crippen LogP contribution in [0.3, 0.4) is 0 Å². The van der Waals surface area contributed by atoms with Gasteiger partial charge < -0.3 is 5.32 Å².